The standard InChI is InChI=1S/C19H14F3NO2/c20-19(21,22)15-9-8-14(18-16(24)7-4-10-23-18)11-17(15)25-12-13-5-2-1-3-6-13/h1-11,24H,12H2. The predicted molar refractivity (Wildman–Crippen MR) is 87.1 cm³/mol. The smallest absolute Gasteiger partial charge is 0.419 e. The van der Waals surface area contributed by atoms with Crippen LogP contribution in [0.25, 0.3) is 11.3 Å². The van der Waals surface area contributed by atoms with Crippen LogP contribution in [-0.4, -0.2) is 10.1 Å². The Labute approximate surface area is 142 Å². The lowest BCUT2D eigenvalue weighted by atomic mass is 10.1. The third-order valence-electron chi connectivity index (χ3n) is 3.58. The summed E-state index contributed by atoms with van der Waals surface area (Å²) in [6.07, 6.45) is -3.09. The van der Waals surface area contributed by atoms with E-state index in [1.165, 1.54) is 30.5 Å². The average Bonchev–Trinajstić information content (AvgIpc) is 2.60. The Morgan fingerprint density at radius 3 is 2.40 bits per heavy atom. The van der Waals surface area contributed by atoms with Crippen molar-refractivity contribution in [3.05, 3.63) is 78.0 Å². The van der Waals surface area contributed by atoms with E-state index in [0.717, 1.165) is 11.6 Å². The van der Waals surface area contributed by atoms with Crippen LogP contribution in [0, 0.1) is 0 Å². The molecule has 0 spiro atoms. The fourth-order valence-electron chi connectivity index (χ4n) is 2.38. The molecule has 128 valence electrons. The molecule has 3 nitrogen and oxygen atoms in total. The monoisotopic (exact) mass is 345 g/mol. The number of rotatable bonds is 4. The summed E-state index contributed by atoms with van der Waals surface area (Å²) in [7, 11) is 0. The molecule has 2 aromatic carbocycles. The van der Waals surface area contributed by atoms with Gasteiger partial charge in [-0.2, -0.15) is 13.2 Å². The molecule has 0 unspecified atom stereocenters. The fraction of sp³-hybridized carbons (Fsp3) is 0.105. The normalized spacial score (nSPS) is 11.3. The van der Waals surface area contributed by atoms with Gasteiger partial charge in [-0.15, -0.1) is 0 Å². The lowest BCUT2D eigenvalue weighted by Gasteiger charge is -2.15. The van der Waals surface area contributed by atoms with Crippen molar-refractivity contribution in [3.63, 3.8) is 0 Å². The summed E-state index contributed by atoms with van der Waals surface area (Å²) in [5.41, 5.74) is 0.416. The molecule has 0 fully saturated rings. The molecule has 0 bridgehead atoms. The van der Waals surface area contributed by atoms with E-state index in [2.05, 4.69) is 4.98 Å². The third-order valence-corrected chi connectivity index (χ3v) is 3.58. The summed E-state index contributed by atoms with van der Waals surface area (Å²) in [4.78, 5) is 4.01. The number of hydrogen-bond acceptors (Lipinski definition) is 3. The summed E-state index contributed by atoms with van der Waals surface area (Å²) in [6, 6.07) is 15.3. The van der Waals surface area contributed by atoms with Crippen LogP contribution in [-0.2, 0) is 12.8 Å². The molecule has 1 N–H and O–H groups in total. The Balaban J connectivity index is 1.98. The topological polar surface area (TPSA) is 42.4 Å². The van der Waals surface area contributed by atoms with Crippen LogP contribution in [0.3, 0.4) is 0 Å². The SMILES string of the molecule is Oc1cccnc1-c1ccc(C(F)(F)F)c(OCc2ccccc2)c1. The van der Waals surface area contributed by atoms with Gasteiger partial charge in [-0.05, 0) is 29.8 Å². The van der Waals surface area contributed by atoms with Gasteiger partial charge in [-0.25, -0.2) is 0 Å². The Hall–Kier alpha value is -3.02. The second-order valence-corrected chi connectivity index (χ2v) is 5.35. The van der Waals surface area contributed by atoms with Gasteiger partial charge < -0.3 is 9.84 Å². The molecule has 25 heavy (non-hydrogen) atoms. The lowest BCUT2D eigenvalue weighted by Crippen LogP contribution is -2.09. The number of nitrogens with zero attached hydrogens (tertiary/aromatic N) is 1. The number of aromatic hydroxyl groups is 1. The third kappa shape index (κ3) is 3.91. The molecule has 0 aliphatic heterocycles. The summed E-state index contributed by atoms with van der Waals surface area (Å²) in [5, 5.41) is 9.87. The minimum atomic E-state index is -4.54. The number of benzene rings is 2. The molecule has 3 aromatic rings. The average molecular weight is 345 g/mol. The minimum absolute atomic E-state index is 0.00156. The van der Waals surface area contributed by atoms with Crippen LogP contribution in [0.2, 0.25) is 0 Å². The number of aromatic nitrogens is 1. The first-order valence-electron chi connectivity index (χ1n) is 7.47. The van der Waals surface area contributed by atoms with E-state index in [9.17, 15) is 18.3 Å². The molecular weight excluding hydrogens is 331 g/mol. The van der Waals surface area contributed by atoms with Gasteiger partial charge in [-0.1, -0.05) is 36.4 Å². The molecule has 0 saturated heterocycles. The highest BCUT2D eigenvalue weighted by atomic mass is 19.4. The first kappa shape index (κ1) is 16.8. The number of ether oxygens (including phenoxy) is 1. The molecule has 6 heteroatoms. The van der Waals surface area contributed by atoms with Crippen LogP contribution >= 0.6 is 0 Å². The second-order valence-electron chi connectivity index (χ2n) is 5.35. The van der Waals surface area contributed by atoms with Crippen molar-refractivity contribution in [1.82, 2.24) is 4.98 Å². The molecule has 0 aliphatic carbocycles. The van der Waals surface area contributed by atoms with Crippen molar-refractivity contribution in [1.29, 1.82) is 0 Å². The maximum atomic E-state index is 13.2. The van der Waals surface area contributed by atoms with Crippen LogP contribution in [0.1, 0.15) is 11.1 Å². The van der Waals surface area contributed by atoms with Crippen LogP contribution in [0.15, 0.2) is 66.9 Å². The van der Waals surface area contributed by atoms with Gasteiger partial charge in [0.1, 0.15) is 23.8 Å². The maximum Gasteiger partial charge on any atom is 0.419 e. The number of halogens is 3. The minimum Gasteiger partial charge on any atom is -0.506 e. The van der Waals surface area contributed by atoms with Crippen molar-refractivity contribution in [2.75, 3.05) is 0 Å². The van der Waals surface area contributed by atoms with Gasteiger partial charge in [0.25, 0.3) is 0 Å². The molecular formula is C19H14F3NO2. The highest BCUT2D eigenvalue weighted by Crippen LogP contribution is 2.39. The summed E-state index contributed by atoms with van der Waals surface area (Å²) < 4.78 is 45.2. The Kier molecular flexibility index (Phi) is 4.61. The van der Waals surface area contributed by atoms with E-state index in [1.807, 2.05) is 6.07 Å². The number of hydrogen-bond donors (Lipinski definition) is 1. The fourth-order valence-corrected chi connectivity index (χ4v) is 2.38. The molecule has 1 heterocycles. The van der Waals surface area contributed by atoms with Crippen molar-refractivity contribution >= 4 is 0 Å². The highest BCUT2D eigenvalue weighted by molar-refractivity contribution is 5.68. The van der Waals surface area contributed by atoms with E-state index >= 15 is 0 Å². The maximum absolute atomic E-state index is 13.2. The van der Waals surface area contributed by atoms with E-state index in [4.69, 9.17) is 4.74 Å². The van der Waals surface area contributed by atoms with Gasteiger partial charge in [0.15, 0.2) is 0 Å². The number of pyridine rings is 1. The number of alkyl halides is 3. The Morgan fingerprint density at radius 2 is 1.72 bits per heavy atom. The highest BCUT2D eigenvalue weighted by Gasteiger charge is 2.34. The molecule has 3 rings (SSSR count). The molecule has 0 saturated carbocycles. The zero-order valence-electron chi connectivity index (χ0n) is 13.0. The first-order valence-corrected chi connectivity index (χ1v) is 7.47. The zero-order valence-corrected chi connectivity index (χ0v) is 13.0. The van der Waals surface area contributed by atoms with Crippen LogP contribution < -0.4 is 4.74 Å². The van der Waals surface area contributed by atoms with Gasteiger partial charge in [0, 0.05) is 11.8 Å². The van der Waals surface area contributed by atoms with Crippen LogP contribution in [0.5, 0.6) is 11.5 Å². The van der Waals surface area contributed by atoms with Crippen LogP contribution in [0.4, 0.5) is 13.2 Å². The quantitative estimate of drug-likeness (QED) is 0.719. The second kappa shape index (κ2) is 6.84. The van der Waals surface area contributed by atoms with Gasteiger partial charge >= 0.3 is 6.18 Å². The van der Waals surface area contributed by atoms with E-state index in [0.29, 0.717) is 5.56 Å². The van der Waals surface area contributed by atoms with Crippen molar-refractivity contribution < 1.29 is 23.0 Å². The van der Waals surface area contributed by atoms with Crippen molar-refractivity contribution in [2.45, 2.75) is 12.8 Å². The van der Waals surface area contributed by atoms with Gasteiger partial charge in [0.2, 0.25) is 0 Å². The summed E-state index contributed by atoms with van der Waals surface area (Å²) in [6.45, 7) is 0.00156. The van der Waals surface area contributed by atoms with E-state index < -0.39 is 11.7 Å². The van der Waals surface area contributed by atoms with Gasteiger partial charge in [-0.3, -0.25) is 4.98 Å². The van der Waals surface area contributed by atoms with E-state index in [1.54, 1.807) is 24.3 Å². The predicted octanol–water partition coefficient (Wildman–Crippen LogP) is 5.05. The molecule has 1 aromatic heterocycles. The van der Waals surface area contributed by atoms with Gasteiger partial charge in [0.05, 0.1) is 5.56 Å². The van der Waals surface area contributed by atoms with Crippen molar-refractivity contribution in [3.8, 4) is 22.8 Å². The molecule has 0 radical (unpaired) electrons. The molecule has 0 aliphatic rings. The summed E-state index contributed by atoms with van der Waals surface area (Å²) in [5.74, 6) is -0.421. The first-order chi connectivity index (χ1) is 11.9. The Bertz CT molecular complexity index is 864. The zero-order chi connectivity index (χ0) is 17.9. The molecule has 0 amide bonds. The van der Waals surface area contributed by atoms with Crippen molar-refractivity contribution in [2.24, 2.45) is 0 Å². The summed E-state index contributed by atoms with van der Waals surface area (Å²) >= 11 is 0. The lowest BCUT2D eigenvalue weighted by molar-refractivity contribution is -0.139. The molecule has 0 atom stereocenters. The largest absolute Gasteiger partial charge is 0.506 e. The van der Waals surface area contributed by atoms with E-state index in [-0.39, 0.29) is 23.8 Å². The Morgan fingerprint density at radius 1 is 0.960 bits per heavy atom.